The van der Waals surface area contributed by atoms with Crippen LogP contribution in [0, 0.1) is 5.92 Å². The van der Waals surface area contributed by atoms with E-state index in [1.165, 1.54) is 25.7 Å². The third kappa shape index (κ3) is 3.29. The van der Waals surface area contributed by atoms with Crippen molar-refractivity contribution in [1.82, 2.24) is 4.98 Å². The maximum Gasteiger partial charge on any atom is 0.0887 e. The summed E-state index contributed by atoms with van der Waals surface area (Å²) in [5.41, 5.74) is 7.56. The van der Waals surface area contributed by atoms with Crippen LogP contribution in [0.2, 0.25) is 0 Å². The highest BCUT2D eigenvalue weighted by Crippen LogP contribution is 2.29. The van der Waals surface area contributed by atoms with E-state index in [2.05, 4.69) is 4.98 Å². The zero-order chi connectivity index (χ0) is 11.2. The van der Waals surface area contributed by atoms with Crippen LogP contribution in [0.1, 0.15) is 36.9 Å². The molecule has 2 rings (SSSR count). The predicted molar refractivity (Wildman–Crippen MR) is 63.7 cm³/mol. The van der Waals surface area contributed by atoms with Gasteiger partial charge in [0.05, 0.1) is 12.3 Å². The Kier molecular flexibility index (Phi) is 4.31. The Hall–Kier alpha value is -0.930. The van der Waals surface area contributed by atoms with Crippen LogP contribution in [0.3, 0.4) is 0 Å². The van der Waals surface area contributed by atoms with Gasteiger partial charge in [-0.05, 0) is 24.0 Å². The first kappa shape index (κ1) is 11.6. The van der Waals surface area contributed by atoms with Crippen LogP contribution in [-0.4, -0.2) is 11.6 Å². The van der Waals surface area contributed by atoms with E-state index in [-0.39, 0.29) is 0 Å². The summed E-state index contributed by atoms with van der Waals surface area (Å²) in [6.07, 6.45) is 7.23. The molecule has 0 aromatic carbocycles. The number of pyridine rings is 1. The fourth-order valence-electron chi connectivity index (χ4n) is 1.87. The molecule has 0 unspecified atom stereocenters. The maximum atomic E-state index is 5.61. The number of aromatic nitrogens is 1. The molecule has 1 aliphatic carbocycles. The molecule has 0 bridgehead atoms. The minimum atomic E-state index is 0.551. The summed E-state index contributed by atoms with van der Waals surface area (Å²) < 4.78 is 5.61. The third-order valence-corrected chi connectivity index (χ3v) is 3.27. The van der Waals surface area contributed by atoms with Crippen LogP contribution < -0.4 is 5.73 Å². The standard InChI is InChI=1S/C13H20N2O/c14-8-12-4-5-13(15-9-12)10-16-7-6-11-2-1-3-11/h4-5,9,11H,1-3,6-8,10,14H2. The Bertz CT molecular complexity index is 306. The Morgan fingerprint density at radius 2 is 2.25 bits per heavy atom. The maximum absolute atomic E-state index is 5.61. The fourth-order valence-corrected chi connectivity index (χ4v) is 1.87. The lowest BCUT2D eigenvalue weighted by atomic mass is 9.83. The molecule has 0 atom stereocenters. The van der Waals surface area contributed by atoms with E-state index in [1.54, 1.807) is 0 Å². The van der Waals surface area contributed by atoms with Crippen LogP contribution in [-0.2, 0) is 17.9 Å². The van der Waals surface area contributed by atoms with Gasteiger partial charge in [-0.3, -0.25) is 4.98 Å². The number of nitrogens with two attached hydrogens (primary N) is 1. The fraction of sp³-hybridized carbons (Fsp3) is 0.615. The lowest BCUT2D eigenvalue weighted by molar-refractivity contribution is 0.0929. The molecule has 2 N–H and O–H groups in total. The molecule has 0 aliphatic heterocycles. The molecule has 1 heterocycles. The summed E-state index contributed by atoms with van der Waals surface area (Å²) in [6.45, 7) is 2.04. The van der Waals surface area contributed by atoms with Gasteiger partial charge in [-0.1, -0.05) is 25.3 Å². The molecule has 1 saturated carbocycles. The van der Waals surface area contributed by atoms with Gasteiger partial charge in [0, 0.05) is 19.3 Å². The van der Waals surface area contributed by atoms with Gasteiger partial charge in [-0.15, -0.1) is 0 Å². The van der Waals surface area contributed by atoms with E-state index in [4.69, 9.17) is 10.5 Å². The van der Waals surface area contributed by atoms with Gasteiger partial charge in [0.2, 0.25) is 0 Å². The van der Waals surface area contributed by atoms with Crippen molar-refractivity contribution >= 4 is 0 Å². The molecule has 1 aromatic rings. The smallest absolute Gasteiger partial charge is 0.0887 e. The molecule has 1 fully saturated rings. The zero-order valence-corrected chi connectivity index (χ0v) is 9.69. The van der Waals surface area contributed by atoms with E-state index >= 15 is 0 Å². The third-order valence-electron chi connectivity index (χ3n) is 3.27. The average Bonchev–Trinajstić information content (AvgIpc) is 2.27. The van der Waals surface area contributed by atoms with Gasteiger partial charge in [-0.25, -0.2) is 0 Å². The SMILES string of the molecule is NCc1ccc(COCCC2CCC2)nc1. The van der Waals surface area contributed by atoms with Crippen LogP contribution >= 0.6 is 0 Å². The first-order valence-electron chi connectivity index (χ1n) is 6.10. The number of hydrogen-bond donors (Lipinski definition) is 1. The lowest BCUT2D eigenvalue weighted by Gasteiger charge is -2.24. The van der Waals surface area contributed by atoms with Gasteiger partial charge in [0.15, 0.2) is 0 Å². The van der Waals surface area contributed by atoms with E-state index in [0.29, 0.717) is 13.2 Å². The minimum absolute atomic E-state index is 0.551. The number of hydrogen-bond acceptors (Lipinski definition) is 3. The summed E-state index contributed by atoms with van der Waals surface area (Å²) in [5, 5.41) is 0. The normalized spacial score (nSPS) is 16.1. The first-order valence-corrected chi connectivity index (χ1v) is 6.10. The molecule has 1 aromatic heterocycles. The minimum Gasteiger partial charge on any atom is -0.375 e. The molecule has 0 spiro atoms. The topological polar surface area (TPSA) is 48.1 Å². The van der Waals surface area contributed by atoms with Crippen molar-refractivity contribution in [2.45, 2.75) is 38.8 Å². The number of nitrogens with zero attached hydrogens (tertiary/aromatic N) is 1. The van der Waals surface area contributed by atoms with Gasteiger partial charge in [-0.2, -0.15) is 0 Å². The summed E-state index contributed by atoms with van der Waals surface area (Å²) in [4.78, 5) is 4.30. The van der Waals surface area contributed by atoms with E-state index in [0.717, 1.165) is 23.8 Å². The monoisotopic (exact) mass is 220 g/mol. The molecular formula is C13H20N2O. The van der Waals surface area contributed by atoms with Gasteiger partial charge in [0.25, 0.3) is 0 Å². The molecule has 88 valence electrons. The highest BCUT2D eigenvalue weighted by atomic mass is 16.5. The van der Waals surface area contributed by atoms with E-state index in [9.17, 15) is 0 Å². The van der Waals surface area contributed by atoms with Crippen LogP contribution in [0.25, 0.3) is 0 Å². The molecule has 0 saturated heterocycles. The highest BCUT2D eigenvalue weighted by molar-refractivity contribution is 5.13. The van der Waals surface area contributed by atoms with Crippen molar-refractivity contribution in [3.8, 4) is 0 Å². The van der Waals surface area contributed by atoms with Crippen LogP contribution in [0.15, 0.2) is 18.3 Å². The second-order valence-corrected chi connectivity index (χ2v) is 4.50. The van der Waals surface area contributed by atoms with Crippen molar-refractivity contribution in [2.75, 3.05) is 6.61 Å². The van der Waals surface area contributed by atoms with Gasteiger partial charge in [0.1, 0.15) is 0 Å². The van der Waals surface area contributed by atoms with Gasteiger partial charge >= 0.3 is 0 Å². The first-order chi connectivity index (χ1) is 7.88. The van der Waals surface area contributed by atoms with Crippen molar-refractivity contribution in [2.24, 2.45) is 11.7 Å². The number of ether oxygens (including phenoxy) is 1. The van der Waals surface area contributed by atoms with Gasteiger partial charge < -0.3 is 10.5 Å². The van der Waals surface area contributed by atoms with Crippen LogP contribution in [0.5, 0.6) is 0 Å². The van der Waals surface area contributed by atoms with Crippen molar-refractivity contribution in [3.05, 3.63) is 29.6 Å². The van der Waals surface area contributed by atoms with E-state index < -0.39 is 0 Å². The Labute approximate surface area is 97.0 Å². The average molecular weight is 220 g/mol. The Morgan fingerprint density at radius 1 is 1.38 bits per heavy atom. The summed E-state index contributed by atoms with van der Waals surface area (Å²) >= 11 is 0. The second-order valence-electron chi connectivity index (χ2n) is 4.50. The largest absolute Gasteiger partial charge is 0.375 e. The molecule has 0 amide bonds. The number of rotatable bonds is 6. The Balaban J connectivity index is 1.64. The summed E-state index contributed by atoms with van der Waals surface area (Å²) in [6, 6.07) is 4.00. The second kappa shape index (κ2) is 5.97. The molecule has 3 heteroatoms. The van der Waals surface area contributed by atoms with Crippen molar-refractivity contribution in [3.63, 3.8) is 0 Å². The summed E-state index contributed by atoms with van der Waals surface area (Å²) in [7, 11) is 0. The molecular weight excluding hydrogens is 200 g/mol. The summed E-state index contributed by atoms with van der Waals surface area (Å²) in [5.74, 6) is 0.924. The molecule has 1 aliphatic rings. The van der Waals surface area contributed by atoms with Crippen LogP contribution in [0.4, 0.5) is 0 Å². The lowest BCUT2D eigenvalue weighted by Crippen LogP contribution is -2.13. The Morgan fingerprint density at radius 3 is 2.81 bits per heavy atom. The molecule has 16 heavy (non-hydrogen) atoms. The quantitative estimate of drug-likeness (QED) is 0.748. The molecule has 0 radical (unpaired) electrons. The molecule has 3 nitrogen and oxygen atoms in total. The van der Waals surface area contributed by atoms with E-state index in [1.807, 2.05) is 18.3 Å². The van der Waals surface area contributed by atoms with Crippen molar-refractivity contribution in [1.29, 1.82) is 0 Å². The highest BCUT2D eigenvalue weighted by Gasteiger charge is 2.16. The zero-order valence-electron chi connectivity index (χ0n) is 9.69. The predicted octanol–water partition coefficient (Wildman–Crippen LogP) is 2.25. The van der Waals surface area contributed by atoms with Crippen molar-refractivity contribution < 1.29 is 4.74 Å².